The van der Waals surface area contributed by atoms with Crippen molar-refractivity contribution in [3.63, 3.8) is 0 Å². The van der Waals surface area contributed by atoms with Gasteiger partial charge in [-0.15, -0.1) is 11.3 Å². The maximum Gasteiger partial charge on any atom is 0.236 e. The maximum absolute atomic E-state index is 11.6. The number of carbonyl (C=O) groups is 1. The molecule has 0 aliphatic carbocycles. The van der Waals surface area contributed by atoms with Crippen molar-refractivity contribution in [2.45, 2.75) is 38.6 Å². The Morgan fingerprint density at radius 2 is 2.35 bits per heavy atom. The Labute approximate surface area is 111 Å². The first kappa shape index (κ1) is 14.5. The molecule has 1 rings (SSSR count). The molecular weight excluding hydrogens is 256 g/mol. The van der Waals surface area contributed by atoms with Crippen LogP contribution in [0.25, 0.3) is 0 Å². The Morgan fingerprint density at radius 3 is 2.94 bits per heavy atom. The third-order valence-electron chi connectivity index (χ3n) is 2.50. The second-order valence-corrected chi connectivity index (χ2v) is 5.80. The summed E-state index contributed by atoms with van der Waals surface area (Å²) in [5.41, 5.74) is 5.76. The van der Waals surface area contributed by atoms with Gasteiger partial charge < -0.3 is 11.1 Å². The van der Waals surface area contributed by atoms with Crippen LogP contribution in [0.2, 0.25) is 4.34 Å². The average Bonchev–Trinajstić information content (AvgIpc) is 2.71. The van der Waals surface area contributed by atoms with Crippen LogP contribution in [0.15, 0.2) is 12.1 Å². The highest BCUT2D eigenvalue weighted by Gasteiger charge is 2.11. The lowest BCUT2D eigenvalue weighted by Gasteiger charge is -2.11. The Bertz CT molecular complexity index is 354. The van der Waals surface area contributed by atoms with Gasteiger partial charge >= 0.3 is 0 Å². The lowest BCUT2D eigenvalue weighted by atomic mass is 10.1. The standard InChI is InChI=1S/C12H19ClN2OS/c1-2-3-4-10(14)12(16)15-8-7-9-5-6-11(13)17-9/h5-6,10H,2-4,7-8,14H2,1H3,(H,15,16)/t10-/m0/s1. The van der Waals surface area contributed by atoms with E-state index < -0.39 is 0 Å². The van der Waals surface area contributed by atoms with Gasteiger partial charge in [0.2, 0.25) is 5.91 Å². The van der Waals surface area contributed by atoms with Gasteiger partial charge in [0.05, 0.1) is 10.4 Å². The van der Waals surface area contributed by atoms with Crippen molar-refractivity contribution in [2.24, 2.45) is 5.73 Å². The summed E-state index contributed by atoms with van der Waals surface area (Å²) in [6, 6.07) is 3.48. The van der Waals surface area contributed by atoms with Crippen LogP contribution in [0.3, 0.4) is 0 Å². The first-order valence-electron chi connectivity index (χ1n) is 5.91. The summed E-state index contributed by atoms with van der Waals surface area (Å²) < 4.78 is 0.783. The molecule has 1 heterocycles. The van der Waals surface area contributed by atoms with Crippen molar-refractivity contribution in [3.8, 4) is 0 Å². The largest absolute Gasteiger partial charge is 0.354 e. The number of nitrogens with two attached hydrogens (primary N) is 1. The molecule has 3 N–H and O–H groups in total. The van der Waals surface area contributed by atoms with Crippen molar-refractivity contribution in [2.75, 3.05) is 6.54 Å². The van der Waals surface area contributed by atoms with Crippen molar-refractivity contribution >= 4 is 28.8 Å². The molecule has 0 spiro atoms. The average molecular weight is 275 g/mol. The van der Waals surface area contributed by atoms with E-state index in [0.717, 1.165) is 30.0 Å². The SMILES string of the molecule is CCCC[C@H](N)C(=O)NCCc1ccc(Cl)s1. The van der Waals surface area contributed by atoms with Crippen LogP contribution in [0.5, 0.6) is 0 Å². The number of amides is 1. The predicted octanol–water partition coefficient (Wildman–Crippen LogP) is 2.58. The summed E-state index contributed by atoms with van der Waals surface area (Å²) in [5, 5.41) is 2.85. The van der Waals surface area contributed by atoms with E-state index in [4.69, 9.17) is 17.3 Å². The van der Waals surface area contributed by atoms with E-state index in [0.29, 0.717) is 6.54 Å². The number of carbonyl (C=O) groups excluding carboxylic acids is 1. The van der Waals surface area contributed by atoms with Gasteiger partial charge in [0.25, 0.3) is 0 Å². The lowest BCUT2D eigenvalue weighted by Crippen LogP contribution is -2.41. The summed E-state index contributed by atoms with van der Waals surface area (Å²) in [4.78, 5) is 12.8. The molecule has 0 radical (unpaired) electrons. The van der Waals surface area contributed by atoms with Gasteiger partial charge in [-0.25, -0.2) is 0 Å². The third-order valence-corrected chi connectivity index (χ3v) is 3.80. The number of unbranched alkanes of at least 4 members (excludes halogenated alkanes) is 1. The highest BCUT2D eigenvalue weighted by Crippen LogP contribution is 2.21. The minimum absolute atomic E-state index is 0.0545. The second-order valence-electron chi connectivity index (χ2n) is 4.00. The molecule has 5 heteroatoms. The van der Waals surface area contributed by atoms with E-state index in [-0.39, 0.29) is 11.9 Å². The molecule has 0 aliphatic heterocycles. The van der Waals surface area contributed by atoms with Crippen LogP contribution in [0, 0.1) is 0 Å². The summed E-state index contributed by atoms with van der Waals surface area (Å²) >= 11 is 7.37. The first-order chi connectivity index (χ1) is 8.13. The van der Waals surface area contributed by atoms with E-state index in [9.17, 15) is 4.79 Å². The molecule has 96 valence electrons. The zero-order valence-corrected chi connectivity index (χ0v) is 11.6. The molecule has 0 aromatic carbocycles. The van der Waals surface area contributed by atoms with Crippen molar-refractivity contribution in [1.29, 1.82) is 0 Å². The van der Waals surface area contributed by atoms with Gasteiger partial charge in [-0.05, 0) is 25.0 Å². The molecule has 1 aromatic rings. The molecule has 3 nitrogen and oxygen atoms in total. The van der Waals surface area contributed by atoms with Gasteiger partial charge in [0.1, 0.15) is 0 Å². The molecule has 0 unspecified atom stereocenters. The zero-order chi connectivity index (χ0) is 12.7. The molecule has 0 saturated carbocycles. The van der Waals surface area contributed by atoms with Gasteiger partial charge in [-0.3, -0.25) is 4.79 Å². The van der Waals surface area contributed by atoms with Gasteiger partial charge in [0.15, 0.2) is 0 Å². The number of halogens is 1. The number of thiophene rings is 1. The van der Waals surface area contributed by atoms with Crippen molar-refractivity contribution in [1.82, 2.24) is 5.32 Å². The zero-order valence-electron chi connectivity index (χ0n) is 10.0. The van der Waals surface area contributed by atoms with E-state index in [1.807, 2.05) is 12.1 Å². The summed E-state index contributed by atoms with van der Waals surface area (Å²) in [6.07, 6.45) is 3.63. The second kappa shape index (κ2) is 7.69. The Balaban J connectivity index is 2.19. The fourth-order valence-electron chi connectivity index (χ4n) is 1.48. The fourth-order valence-corrected chi connectivity index (χ4v) is 2.57. The summed E-state index contributed by atoms with van der Waals surface area (Å²) in [6.45, 7) is 2.71. The van der Waals surface area contributed by atoms with Crippen LogP contribution in [0.1, 0.15) is 31.1 Å². The van der Waals surface area contributed by atoms with Crippen molar-refractivity contribution in [3.05, 3.63) is 21.3 Å². The number of nitrogens with one attached hydrogen (secondary N) is 1. The van der Waals surface area contributed by atoms with E-state index in [1.54, 1.807) is 11.3 Å². The normalized spacial score (nSPS) is 12.4. The quantitative estimate of drug-likeness (QED) is 0.803. The minimum Gasteiger partial charge on any atom is -0.354 e. The number of hydrogen-bond acceptors (Lipinski definition) is 3. The molecule has 17 heavy (non-hydrogen) atoms. The highest BCUT2D eigenvalue weighted by molar-refractivity contribution is 7.16. The van der Waals surface area contributed by atoms with Crippen LogP contribution >= 0.6 is 22.9 Å². The molecule has 1 atom stereocenters. The van der Waals surface area contributed by atoms with E-state index >= 15 is 0 Å². The summed E-state index contributed by atoms with van der Waals surface area (Å²) in [5.74, 6) is -0.0545. The van der Waals surface area contributed by atoms with Crippen LogP contribution in [0.4, 0.5) is 0 Å². The monoisotopic (exact) mass is 274 g/mol. The van der Waals surface area contributed by atoms with Gasteiger partial charge in [-0.2, -0.15) is 0 Å². The fraction of sp³-hybridized carbons (Fsp3) is 0.583. The molecule has 0 aliphatic rings. The Kier molecular flexibility index (Phi) is 6.55. The highest BCUT2D eigenvalue weighted by atomic mass is 35.5. The summed E-state index contributed by atoms with van der Waals surface area (Å²) in [7, 11) is 0. The van der Waals surface area contributed by atoms with Gasteiger partial charge in [-0.1, -0.05) is 31.4 Å². The Morgan fingerprint density at radius 1 is 1.59 bits per heavy atom. The van der Waals surface area contributed by atoms with Crippen LogP contribution in [-0.4, -0.2) is 18.5 Å². The topological polar surface area (TPSA) is 55.1 Å². The van der Waals surface area contributed by atoms with Gasteiger partial charge in [0, 0.05) is 11.4 Å². The predicted molar refractivity (Wildman–Crippen MR) is 73.5 cm³/mol. The Hall–Kier alpha value is -0.580. The third kappa shape index (κ3) is 5.52. The molecule has 1 aromatic heterocycles. The molecule has 1 amide bonds. The molecule has 0 bridgehead atoms. The van der Waals surface area contributed by atoms with E-state index in [2.05, 4.69) is 12.2 Å². The number of rotatable bonds is 7. The minimum atomic E-state index is -0.373. The lowest BCUT2D eigenvalue weighted by molar-refractivity contribution is -0.122. The molecular formula is C12H19ClN2OS. The number of hydrogen-bond donors (Lipinski definition) is 2. The van der Waals surface area contributed by atoms with E-state index in [1.165, 1.54) is 4.88 Å². The van der Waals surface area contributed by atoms with Crippen molar-refractivity contribution < 1.29 is 4.79 Å². The van der Waals surface area contributed by atoms with Crippen LogP contribution in [-0.2, 0) is 11.2 Å². The smallest absolute Gasteiger partial charge is 0.236 e. The molecule has 0 fully saturated rings. The first-order valence-corrected chi connectivity index (χ1v) is 7.10. The molecule has 0 saturated heterocycles. The maximum atomic E-state index is 11.6. The van der Waals surface area contributed by atoms with Crippen LogP contribution < -0.4 is 11.1 Å².